The Bertz CT molecular complexity index is 666. The van der Waals surface area contributed by atoms with Gasteiger partial charge in [-0.3, -0.25) is 9.78 Å². The molecular formula is C13H12F4N4O3. The average molecular weight is 348 g/mol. The van der Waals surface area contributed by atoms with Crippen LogP contribution in [0.3, 0.4) is 0 Å². The summed E-state index contributed by atoms with van der Waals surface area (Å²) in [5, 5.41) is 5.93. The second kappa shape index (κ2) is 7.81. The van der Waals surface area contributed by atoms with Crippen LogP contribution in [0.5, 0.6) is 0 Å². The van der Waals surface area contributed by atoms with Crippen LogP contribution in [0.1, 0.15) is 5.89 Å². The number of rotatable bonds is 8. The molecule has 0 spiro atoms. The third-order valence-electron chi connectivity index (χ3n) is 2.65. The molecule has 0 aliphatic heterocycles. The van der Waals surface area contributed by atoms with Gasteiger partial charge in [-0.05, 0) is 12.1 Å². The molecule has 0 saturated carbocycles. The zero-order valence-electron chi connectivity index (χ0n) is 12.1. The topological polar surface area (TPSA) is 90.1 Å². The van der Waals surface area contributed by atoms with Crippen molar-refractivity contribution in [2.75, 3.05) is 13.2 Å². The van der Waals surface area contributed by atoms with E-state index in [4.69, 9.17) is 4.52 Å². The minimum atomic E-state index is -4.30. The zero-order chi connectivity index (χ0) is 17.6. The van der Waals surface area contributed by atoms with Gasteiger partial charge < -0.3 is 14.6 Å². The number of hydrogen-bond acceptors (Lipinski definition) is 6. The van der Waals surface area contributed by atoms with E-state index in [2.05, 4.69) is 25.2 Å². The van der Waals surface area contributed by atoms with Gasteiger partial charge in [0.2, 0.25) is 17.6 Å². The number of nitrogens with one attached hydrogen (secondary N) is 1. The number of nitrogens with zero attached hydrogens (tertiary/aromatic N) is 3. The fraction of sp³-hybridized carbons (Fsp3) is 0.385. The molecule has 0 atom stereocenters. The molecule has 0 unspecified atom stereocenters. The molecule has 0 radical (unpaired) electrons. The summed E-state index contributed by atoms with van der Waals surface area (Å²) in [6.07, 6.45) is -2.32. The highest BCUT2D eigenvalue weighted by Gasteiger charge is 2.41. The molecule has 0 fully saturated rings. The normalized spacial score (nSPS) is 11.7. The van der Waals surface area contributed by atoms with Crippen LogP contribution in [-0.2, 0) is 16.1 Å². The molecule has 11 heteroatoms. The van der Waals surface area contributed by atoms with Gasteiger partial charge >= 0.3 is 12.3 Å². The number of halogens is 4. The van der Waals surface area contributed by atoms with Gasteiger partial charge in [0, 0.05) is 6.20 Å². The first kappa shape index (κ1) is 17.8. The van der Waals surface area contributed by atoms with Crippen LogP contribution in [0.4, 0.5) is 17.6 Å². The number of amides is 1. The first-order valence-corrected chi connectivity index (χ1v) is 6.63. The summed E-state index contributed by atoms with van der Waals surface area (Å²) in [7, 11) is 0. The molecule has 1 amide bonds. The molecule has 1 N–H and O–H groups in total. The Morgan fingerprint density at radius 3 is 2.83 bits per heavy atom. The number of carbonyl (C=O) groups is 1. The molecule has 0 bridgehead atoms. The zero-order valence-corrected chi connectivity index (χ0v) is 12.1. The van der Waals surface area contributed by atoms with Crippen molar-refractivity contribution in [3.05, 3.63) is 30.3 Å². The summed E-state index contributed by atoms with van der Waals surface area (Å²) in [6, 6.07) is 5.10. The number of alkyl halides is 4. The summed E-state index contributed by atoms with van der Waals surface area (Å²) in [6.45, 7) is -2.53. The van der Waals surface area contributed by atoms with Gasteiger partial charge in [-0.25, -0.2) is 8.78 Å². The van der Waals surface area contributed by atoms with Crippen LogP contribution < -0.4 is 5.32 Å². The second-order valence-electron chi connectivity index (χ2n) is 4.56. The van der Waals surface area contributed by atoms with Crippen molar-refractivity contribution in [1.29, 1.82) is 0 Å². The largest absolute Gasteiger partial charge is 0.365 e. The van der Waals surface area contributed by atoms with E-state index in [0.29, 0.717) is 5.69 Å². The number of ether oxygens (including phenoxy) is 1. The van der Waals surface area contributed by atoms with Crippen LogP contribution in [0.15, 0.2) is 28.9 Å². The van der Waals surface area contributed by atoms with Crippen LogP contribution in [-0.4, -0.2) is 46.6 Å². The first-order valence-electron chi connectivity index (χ1n) is 6.63. The lowest BCUT2D eigenvalue weighted by Crippen LogP contribution is -2.35. The minimum absolute atomic E-state index is 0.0573. The third kappa shape index (κ3) is 4.98. The van der Waals surface area contributed by atoms with E-state index in [1.54, 1.807) is 24.4 Å². The molecule has 0 saturated heterocycles. The Hall–Kier alpha value is -2.56. The molecular weight excluding hydrogens is 336 g/mol. The van der Waals surface area contributed by atoms with Gasteiger partial charge in [-0.15, -0.1) is 0 Å². The van der Waals surface area contributed by atoms with E-state index in [1.165, 1.54) is 0 Å². The molecule has 0 aliphatic rings. The first-order chi connectivity index (χ1) is 11.4. The second-order valence-corrected chi connectivity index (χ2v) is 4.56. The maximum absolute atomic E-state index is 12.6. The Morgan fingerprint density at radius 2 is 2.17 bits per heavy atom. The van der Waals surface area contributed by atoms with Crippen molar-refractivity contribution in [2.45, 2.75) is 18.9 Å². The van der Waals surface area contributed by atoms with Crippen LogP contribution in [0.2, 0.25) is 0 Å². The van der Waals surface area contributed by atoms with Gasteiger partial charge in [-0.2, -0.15) is 13.8 Å². The summed E-state index contributed by atoms with van der Waals surface area (Å²) in [5.41, 5.74) is 0.469. The Balaban J connectivity index is 1.76. The fourth-order valence-corrected chi connectivity index (χ4v) is 1.49. The fourth-order valence-electron chi connectivity index (χ4n) is 1.49. The Morgan fingerprint density at radius 1 is 1.38 bits per heavy atom. The van der Waals surface area contributed by atoms with E-state index in [0.717, 1.165) is 0 Å². The highest BCUT2D eigenvalue weighted by molar-refractivity contribution is 5.77. The van der Waals surface area contributed by atoms with Gasteiger partial charge in [-0.1, -0.05) is 11.2 Å². The van der Waals surface area contributed by atoms with Crippen molar-refractivity contribution >= 4 is 5.91 Å². The molecule has 130 valence electrons. The lowest BCUT2D eigenvalue weighted by atomic mass is 10.3. The molecule has 0 aliphatic carbocycles. The lowest BCUT2D eigenvalue weighted by Gasteiger charge is -2.14. The maximum atomic E-state index is 12.6. The SMILES string of the molecule is O=C(COCC(F)(F)C(F)F)NCc1nc(-c2ccccn2)no1. The summed E-state index contributed by atoms with van der Waals surface area (Å²) in [4.78, 5) is 19.4. The Labute approximate surface area is 133 Å². The van der Waals surface area contributed by atoms with E-state index < -0.39 is 31.5 Å². The van der Waals surface area contributed by atoms with Crippen molar-refractivity contribution in [3.8, 4) is 11.5 Å². The lowest BCUT2D eigenvalue weighted by molar-refractivity contribution is -0.168. The summed E-state index contributed by atoms with van der Waals surface area (Å²) >= 11 is 0. The standard InChI is InChI=1S/C13H12F4N4O3/c14-12(15)13(16,17)7-23-6-9(22)19-5-10-20-11(21-24-10)8-3-1-2-4-18-8/h1-4,12H,5-7H2,(H,19,22). The van der Waals surface area contributed by atoms with E-state index >= 15 is 0 Å². The highest BCUT2D eigenvalue weighted by atomic mass is 19.3. The van der Waals surface area contributed by atoms with Crippen LogP contribution in [0.25, 0.3) is 11.5 Å². The summed E-state index contributed by atoms with van der Waals surface area (Å²) < 4.78 is 58.1. The van der Waals surface area contributed by atoms with E-state index in [1.807, 2.05) is 0 Å². The van der Waals surface area contributed by atoms with Gasteiger partial charge in [0.25, 0.3) is 0 Å². The molecule has 0 aromatic carbocycles. The van der Waals surface area contributed by atoms with Gasteiger partial charge in [0.05, 0.1) is 6.54 Å². The minimum Gasteiger partial charge on any atom is -0.365 e. The quantitative estimate of drug-likeness (QED) is 0.730. The number of hydrogen-bond donors (Lipinski definition) is 1. The van der Waals surface area contributed by atoms with Gasteiger partial charge in [0.15, 0.2) is 0 Å². The summed E-state index contributed by atoms with van der Waals surface area (Å²) in [5.74, 6) is -4.82. The molecule has 24 heavy (non-hydrogen) atoms. The molecule has 7 nitrogen and oxygen atoms in total. The highest BCUT2D eigenvalue weighted by Crippen LogP contribution is 2.22. The van der Waals surface area contributed by atoms with Crippen molar-refractivity contribution < 1.29 is 31.6 Å². The predicted octanol–water partition coefficient (Wildman–Crippen LogP) is 1.66. The maximum Gasteiger partial charge on any atom is 0.330 e. The van der Waals surface area contributed by atoms with E-state index in [-0.39, 0.29) is 18.3 Å². The predicted molar refractivity (Wildman–Crippen MR) is 71.1 cm³/mol. The smallest absolute Gasteiger partial charge is 0.330 e. The van der Waals surface area contributed by atoms with Crippen molar-refractivity contribution in [1.82, 2.24) is 20.4 Å². The molecule has 2 aromatic heterocycles. The molecule has 2 aromatic rings. The van der Waals surface area contributed by atoms with Crippen molar-refractivity contribution in [2.24, 2.45) is 0 Å². The van der Waals surface area contributed by atoms with E-state index in [9.17, 15) is 22.4 Å². The van der Waals surface area contributed by atoms with Crippen LogP contribution >= 0.6 is 0 Å². The third-order valence-corrected chi connectivity index (χ3v) is 2.65. The molecule has 2 rings (SSSR count). The number of aromatic nitrogens is 3. The number of carbonyl (C=O) groups excluding carboxylic acids is 1. The van der Waals surface area contributed by atoms with Crippen LogP contribution in [0, 0.1) is 0 Å². The molecule has 2 heterocycles. The monoisotopic (exact) mass is 348 g/mol. The Kier molecular flexibility index (Phi) is 5.79. The average Bonchev–Trinajstić information content (AvgIpc) is 3.02. The van der Waals surface area contributed by atoms with Gasteiger partial charge in [0.1, 0.15) is 18.9 Å². The van der Waals surface area contributed by atoms with Crippen molar-refractivity contribution in [3.63, 3.8) is 0 Å². The number of pyridine rings is 1.